The standard InChI is InChI=1S/C32H48N12O17P2/c1-62(49)56-12-17-24(22(46)30(59-17)44-15-37-21-26(44)40-32(35)42-28(21)48)61-63(50,51)57-13-16-23(60-62)19(29(58-16)43-14-36-20-25(43)39-31(34)41-27(20)47)38-18(45)2-4-52-6-8-54-10-11-55-9-7-53-5-3-33/h14-17,19,22-24,29-30,46H,2-13,33H2,1H3,(H,38,45)(H,50,51)(H3,34,39,41,47)(H3,35,40,42,48)/t16-,17-,19?,22?,23+,24+,29-,30-,62?/m1/s1. The summed E-state index contributed by atoms with van der Waals surface area (Å²) in [5.74, 6) is -1.13. The minimum atomic E-state index is -5.15. The first-order valence-corrected chi connectivity index (χ1v) is 22.9. The summed E-state index contributed by atoms with van der Waals surface area (Å²) in [6.07, 6.45) is -8.37. The van der Waals surface area contributed by atoms with E-state index in [1.807, 2.05) is 0 Å². The number of rotatable bonds is 17. The largest absolute Gasteiger partial charge is 0.472 e. The van der Waals surface area contributed by atoms with Gasteiger partial charge in [-0.1, -0.05) is 0 Å². The molecule has 348 valence electrons. The minimum absolute atomic E-state index is 0.0490. The number of aliphatic hydroxyl groups is 1. The van der Waals surface area contributed by atoms with Crippen LogP contribution in [0.4, 0.5) is 11.9 Å². The van der Waals surface area contributed by atoms with Crippen LogP contribution in [0, 0.1) is 0 Å². The summed E-state index contributed by atoms with van der Waals surface area (Å²) in [7, 11) is -9.39. The Kier molecular flexibility index (Phi) is 15.0. The Labute approximate surface area is 355 Å². The molecule has 1 amide bonds. The molecular weight excluding hydrogens is 886 g/mol. The number of imidazole rings is 2. The number of aromatic amines is 2. The smallest absolute Gasteiger partial charge is 0.386 e. The third kappa shape index (κ3) is 11.2. The molecule has 0 radical (unpaired) electrons. The van der Waals surface area contributed by atoms with Gasteiger partial charge < -0.3 is 70.0 Å². The average Bonchev–Trinajstić information content (AvgIpc) is 3.99. The van der Waals surface area contributed by atoms with Crippen molar-refractivity contribution in [1.29, 1.82) is 0 Å². The van der Waals surface area contributed by atoms with Crippen LogP contribution >= 0.6 is 15.4 Å². The molecule has 11 N–H and O–H groups in total. The number of ether oxygens (including phenoxy) is 6. The Bertz CT molecular complexity index is 2430. The summed E-state index contributed by atoms with van der Waals surface area (Å²) in [6.45, 7) is 2.34. The van der Waals surface area contributed by atoms with Gasteiger partial charge in [0.2, 0.25) is 17.8 Å². The highest BCUT2D eigenvalue weighted by atomic mass is 31.2. The first kappa shape index (κ1) is 46.7. The van der Waals surface area contributed by atoms with Crippen LogP contribution in [0.5, 0.6) is 0 Å². The summed E-state index contributed by atoms with van der Waals surface area (Å²) < 4.78 is 86.7. The molecule has 29 nitrogen and oxygen atoms in total. The van der Waals surface area contributed by atoms with Gasteiger partial charge in [-0.25, -0.2) is 14.5 Å². The second kappa shape index (κ2) is 20.3. The van der Waals surface area contributed by atoms with Crippen molar-refractivity contribution in [1.82, 2.24) is 44.4 Å². The Morgan fingerprint density at radius 2 is 1.32 bits per heavy atom. The minimum Gasteiger partial charge on any atom is -0.386 e. The van der Waals surface area contributed by atoms with Gasteiger partial charge in [0, 0.05) is 19.6 Å². The van der Waals surface area contributed by atoms with Crippen molar-refractivity contribution in [2.24, 2.45) is 5.73 Å². The third-order valence-electron chi connectivity index (χ3n) is 9.72. The number of aromatic nitrogens is 8. The van der Waals surface area contributed by atoms with Crippen molar-refractivity contribution < 1.29 is 70.4 Å². The molecule has 4 unspecified atom stereocenters. The molecule has 4 aromatic rings. The second-order valence-corrected chi connectivity index (χ2v) is 17.6. The fraction of sp³-hybridized carbons (Fsp3) is 0.656. The monoisotopic (exact) mass is 934 g/mol. The van der Waals surface area contributed by atoms with Crippen LogP contribution in [0.1, 0.15) is 18.9 Å². The van der Waals surface area contributed by atoms with Crippen LogP contribution in [0.25, 0.3) is 22.3 Å². The normalized spacial score (nSPS) is 30.2. The van der Waals surface area contributed by atoms with Crippen LogP contribution in [0.3, 0.4) is 0 Å². The molecule has 3 aliphatic rings. The van der Waals surface area contributed by atoms with Crippen LogP contribution in [-0.4, -0.2) is 171 Å². The fourth-order valence-electron chi connectivity index (χ4n) is 6.95. The van der Waals surface area contributed by atoms with E-state index in [0.29, 0.717) is 39.6 Å². The summed E-state index contributed by atoms with van der Waals surface area (Å²) in [5, 5.41) is 14.2. The molecule has 3 aliphatic heterocycles. The zero-order valence-electron chi connectivity index (χ0n) is 33.6. The maximum Gasteiger partial charge on any atom is 0.472 e. The lowest BCUT2D eigenvalue weighted by Crippen LogP contribution is -2.48. The molecular formula is C32H48N12O17P2. The van der Waals surface area contributed by atoms with Crippen molar-refractivity contribution in [3.8, 4) is 0 Å². The molecule has 63 heavy (non-hydrogen) atoms. The van der Waals surface area contributed by atoms with E-state index in [0.717, 1.165) is 17.6 Å². The quantitative estimate of drug-likeness (QED) is 0.0392. The summed E-state index contributed by atoms with van der Waals surface area (Å²) in [6, 6.07) is -1.30. The Hall–Kier alpha value is -4.29. The number of H-pyrrole nitrogens is 2. The highest BCUT2D eigenvalue weighted by molar-refractivity contribution is 7.53. The molecule has 0 spiro atoms. The number of nitrogens with one attached hydrogen (secondary N) is 3. The number of nitrogen functional groups attached to an aromatic ring is 2. The van der Waals surface area contributed by atoms with Crippen molar-refractivity contribution in [2.45, 2.75) is 55.4 Å². The van der Waals surface area contributed by atoms with Gasteiger partial charge in [-0.3, -0.25) is 47.1 Å². The summed E-state index contributed by atoms with van der Waals surface area (Å²) in [4.78, 5) is 70.6. The van der Waals surface area contributed by atoms with Gasteiger partial charge in [0.25, 0.3) is 11.1 Å². The number of nitrogens with zero attached hydrogens (tertiary/aromatic N) is 6. The molecule has 0 bridgehead atoms. The topological polar surface area (TPSA) is 401 Å². The van der Waals surface area contributed by atoms with Crippen molar-refractivity contribution >= 4 is 55.6 Å². The predicted octanol–water partition coefficient (Wildman–Crippen LogP) is -2.79. The highest BCUT2D eigenvalue weighted by Gasteiger charge is 2.54. The van der Waals surface area contributed by atoms with Gasteiger partial charge in [-0.2, -0.15) is 9.97 Å². The van der Waals surface area contributed by atoms with Gasteiger partial charge in [0.1, 0.15) is 36.6 Å². The SMILES string of the molecule is CP1(=O)OC[C@H]2O[C@@H](n3cnc4c(=O)[nH]c(N)nc43)C(O)[C@H]2OP(=O)(O)OC[C@H]2O[C@@H](n3cnc4c(=O)[nH]c(N)nc43)C(NC(=O)CCOCCOCCOCCOCCN)[C@H]2O1. The summed E-state index contributed by atoms with van der Waals surface area (Å²) in [5.41, 5.74) is 15.1. The van der Waals surface area contributed by atoms with E-state index in [2.05, 4.69) is 35.2 Å². The number of phosphoric acid groups is 1. The number of hydrogen-bond donors (Lipinski definition) is 8. The first-order chi connectivity index (χ1) is 30.1. The number of aliphatic hydroxyl groups excluding tert-OH is 1. The van der Waals surface area contributed by atoms with E-state index in [4.69, 9.17) is 63.7 Å². The number of amides is 1. The fourth-order valence-corrected chi connectivity index (χ4v) is 9.10. The highest BCUT2D eigenvalue weighted by Crippen LogP contribution is 2.54. The molecule has 7 heterocycles. The van der Waals surface area contributed by atoms with Gasteiger partial charge in [-0.15, -0.1) is 0 Å². The molecule has 10 atom stereocenters. The molecule has 0 saturated carbocycles. The first-order valence-electron chi connectivity index (χ1n) is 19.4. The van der Waals surface area contributed by atoms with E-state index in [1.165, 1.54) is 10.9 Å². The number of carbonyl (C=O) groups excluding carboxylic acids is 1. The summed E-state index contributed by atoms with van der Waals surface area (Å²) >= 11 is 0. The number of anilines is 2. The van der Waals surface area contributed by atoms with Gasteiger partial charge in [0.05, 0.1) is 78.7 Å². The lowest BCUT2D eigenvalue weighted by molar-refractivity contribution is -0.124. The maximum atomic E-state index is 14.2. The Morgan fingerprint density at radius 3 is 1.90 bits per heavy atom. The van der Waals surface area contributed by atoms with Crippen LogP contribution in [0.2, 0.25) is 0 Å². The van der Waals surface area contributed by atoms with Gasteiger partial charge in [0.15, 0.2) is 34.8 Å². The van der Waals surface area contributed by atoms with E-state index in [-0.39, 0.29) is 60.5 Å². The van der Waals surface area contributed by atoms with Crippen LogP contribution in [-0.2, 0) is 60.4 Å². The second-order valence-electron chi connectivity index (χ2n) is 14.2. The number of carbonyl (C=O) groups is 1. The lowest BCUT2D eigenvalue weighted by Gasteiger charge is -2.30. The number of fused-ring (bicyclic) bond motifs is 4. The van der Waals surface area contributed by atoms with Crippen molar-refractivity contribution in [3.05, 3.63) is 33.4 Å². The molecule has 7 rings (SSSR count). The van der Waals surface area contributed by atoms with Crippen molar-refractivity contribution in [2.75, 3.05) is 90.7 Å². The molecule has 31 heteroatoms. The van der Waals surface area contributed by atoms with E-state index in [9.17, 15) is 33.5 Å². The molecule has 3 saturated heterocycles. The van der Waals surface area contributed by atoms with Gasteiger partial charge >= 0.3 is 15.4 Å². The predicted molar refractivity (Wildman–Crippen MR) is 213 cm³/mol. The number of phosphoric ester groups is 1. The maximum absolute atomic E-state index is 14.2. The van der Waals surface area contributed by atoms with Crippen molar-refractivity contribution in [3.63, 3.8) is 0 Å². The van der Waals surface area contributed by atoms with E-state index >= 15 is 0 Å². The molecule has 0 aromatic carbocycles. The zero-order valence-corrected chi connectivity index (χ0v) is 35.4. The number of hydrogen-bond acceptors (Lipinski definition) is 23. The number of nitrogens with two attached hydrogens (primary N) is 3. The Balaban J connectivity index is 1.06. The molecule has 3 fully saturated rings. The van der Waals surface area contributed by atoms with Crippen LogP contribution in [0.15, 0.2) is 22.2 Å². The third-order valence-corrected chi connectivity index (χ3v) is 12.0. The zero-order chi connectivity index (χ0) is 44.9. The molecule has 4 aromatic heterocycles. The van der Waals surface area contributed by atoms with E-state index < -0.39 is 94.7 Å². The van der Waals surface area contributed by atoms with E-state index in [1.54, 1.807) is 0 Å². The average molecular weight is 935 g/mol. The van der Waals surface area contributed by atoms with Gasteiger partial charge in [-0.05, 0) is 0 Å². The molecule has 0 aliphatic carbocycles. The lowest BCUT2D eigenvalue weighted by atomic mass is 10.1. The van der Waals surface area contributed by atoms with Crippen LogP contribution < -0.4 is 33.6 Å². The Morgan fingerprint density at radius 1 is 0.810 bits per heavy atom.